The van der Waals surface area contributed by atoms with Crippen LogP contribution < -0.4 is 17.2 Å². The van der Waals surface area contributed by atoms with E-state index in [1.807, 2.05) is 0 Å². The Bertz CT molecular complexity index is 294. The van der Waals surface area contributed by atoms with Gasteiger partial charge in [0.15, 0.2) is 0 Å². The van der Waals surface area contributed by atoms with E-state index in [0.29, 0.717) is 0 Å². The largest absolute Gasteiger partial charge is 0.507 e. The maximum Gasteiger partial charge on any atom is 0.507 e. The molecule has 0 bridgehead atoms. The van der Waals surface area contributed by atoms with Gasteiger partial charge in [0.05, 0.1) is 5.04 Å². The third-order valence-corrected chi connectivity index (χ3v) is 8.40. The summed E-state index contributed by atoms with van der Waals surface area (Å²) in [6.07, 6.45) is 3.76. The highest BCUT2D eigenvalue weighted by Crippen LogP contribution is 2.81. The van der Waals surface area contributed by atoms with Gasteiger partial charge in [0.1, 0.15) is 5.79 Å². The molecule has 0 amide bonds. The van der Waals surface area contributed by atoms with Crippen LogP contribution in [0.4, 0.5) is 0 Å². The molecule has 2 saturated carbocycles. The minimum atomic E-state index is -2.76. The Morgan fingerprint density at radius 1 is 0.882 bits per heavy atom. The molecule has 2 aliphatic rings. The third kappa shape index (κ3) is 1.48. The average molecular weight is 261 g/mol. The molecule has 0 heterocycles. The minimum absolute atomic E-state index is 0.198. The predicted octanol–water partition coefficient (Wildman–Crippen LogP) is -0.291. The average Bonchev–Trinajstić information content (AvgIpc) is 3.13. The van der Waals surface area contributed by atoms with Gasteiger partial charge in [0, 0.05) is 26.7 Å². The summed E-state index contributed by atoms with van der Waals surface area (Å²) in [5, 5.41) is -0.198. The van der Waals surface area contributed by atoms with Crippen LogP contribution in [0.1, 0.15) is 25.7 Å². The van der Waals surface area contributed by atoms with Crippen LogP contribution in [0.2, 0.25) is 5.04 Å². The molecule has 0 saturated heterocycles. The van der Waals surface area contributed by atoms with Crippen LogP contribution in [-0.2, 0) is 13.3 Å². The Morgan fingerprint density at radius 3 is 1.47 bits per heavy atom. The summed E-state index contributed by atoms with van der Waals surface area (Å²) in [6, 6.07) is 0. The summed E-state index contributed by atoms with van der Waals surface area (Å²) >= 11 is 0. The summed E-state index contributed by atoms with van der Waals surface area (Å²) < 4.78 is 16.8. The van der Waals surface area contributed by atoms with Crippen LogP contribution in [-0.4, -0.2) is 35.9 Å². The summed E-state index contributed by atoms with van der Waals surface area (Å²) in [7, 11) is 2.12. The van der Waals surface area contributed by atoms with E-state index in [1.54, 1.807) is 21.3 Å². The molecule has 6 nitrogen and oxygen atoms in total. The molecular weight excluding hydrogens is 238 g/mol. The zero-order valence-electron chi connectivity index (χ0n) is 10.8. The van der Waals surface area contributed by atoms with Crippen molar-refractivity contribution in [1.29, 1.82) is 0 Å². The van der Waals surface area contributed by atoms with Gasteiger partial charge in [-0.2, -0.15) is 0 Å². The molecule has 0 aromatic heterocycles. The van der Waals surface area contributed by atoms with Crippen molar-refractivity contribution < 1.29 is 13.3 Å². The molecular formula is C10H23N3O3Si. The molecule has 0 aliphatic heterocycles. The lowest BCUT2D eigenvalue weighted by molar-refractivity contribution is 0.0758. The number of nitrogens with two attached hydrogens (primary N) is 3. The third-order valence-electron chi connectivity index (χ3n) is 4.64. The quantitative estimate of drug-likeness (QED) is 0.448. The summed E-state index contributed by atoms with van der Waals surface area (Å²) in [6.45, 7) is 0. The van der Waals surface area contributed by atoms with Crippen LogP contribution in [0.25, 0.3) is 0 Å². The summed E-state index contributed by atoms with van der Waals surface area (Å²) in [5.74, 6) is -1.20. The maximum atomic E-state index is 5.97. The first-order valence-corrected chi connectivity index (χ1v) is 7.59. The Kier molecular flexibility index (Phi) is 2.95. The van der Waals surface area contributed by atoms with Crippen LogP contribution in [0.15, 0.2) is 0 Å². The van der Waals surface area contributed by atoms with Crippen molar-refractivity contribution in [2.24, 2.45) is 22.6 Å². The van der Waals surface area contributed by atoms with Crippen molar-refractivity contribution in [3.8, 4) is 0 Å². The molecule has 0 aromatic carbocycles. The van der Waals surface area contributed by atoms with Crippen LogP contribution in [0.3, 0.4) is 0 Å². The zero-order chi connectivity index (χ0) is 12.9. The molecule has 6 N–H and O–H groups in total. The first-order chi connectivity index (χ1) is 7.85. The second-order valence-corrected chi connectivity index (χ2v) is 8.56. The van der Waals surface area contributed by atoms with Gasteiger partial charge in [-0.1, -0.05) is 0 Å². The second kappa shape index (κ2) is 3.73. The SMILES string of the molecule is CO[Si](OC)(OC)C1(C2(C(N)(N)N)CC2)CC1. The van der Waals surface area contributed by atoms with Gasteiger partial charge in [0.2, 0.25) is 0 Å². The van der Waals surface area contributed by atoms with Crippen molar-refractivity contribution in [2.45, 2.75) is 36.5 Å². The zero-order valence-corrected chi connectivity index (χ0v) is 11.8. The fourth-order valence-corrected chi connectivity index (χ4v) is 6.95. The first kappa shape index (κ1) is 13.4. The highest BCUT2D eigenvalue weighted by Gasteiger charge is 2.82. The molecule has 7 heteroatoms. The molecule has 17 heavy (non-hydrogen) atoms. The van der Waals surface area contributed by atoms with Crippen LogP contribution >= 0.6 is 0 Å². The Morgan fingerprint density at radius 2 is 1.29 bits per heavy atom. The highest BCUT2D eigenvalue weighted by molar-refractivity contribution is 6.65. The lowest BCUT2D eigenvalue weighted by Crippen LogP contribution is -2.69. The smallest absolute Gasteiger partial charge is 0.376 e. The Labute approximate surface area is 103 Å². The van der Waals surface area contributed by atoms with Gasteiger partial charge in [-0.05, 0) is 25.7 Å². The Hall–Kier alpha value is -0.0231. The standard InChI is InChI=1S/C10H23N3O3Si/c1-14-17(15-2,16-3)9(6-7-9)8(4-5-8)10(11,12)13/h4-7,11-13H2,1-3H3. The number of hydrogen-bond acceptors (Lipinski definition) is 6. The van der Waals surface area contributed by atoms with Crippen molar-refractivity contribution in [3.05, 3.63) is 0 Å². The molecule has 0 unspecified atom stereocenters. The first-order valence-electron chi connectivity index (χ1n) is 5.87. The van der Waals surface area contributed by atoms with Crippen molar-refractivity contribution >= 4 is 8.80 Å². The molecule has 100 valence electrons. The van der Waals surface area contributed by atoms with E-state index in [-0.39, 0.29) is 10.5 Å². The molecule has 0 atom stereocenters. The lowest BCUT2D eigenvalue weighted by Gasteiger charge is -2.43. The van der Waals surface area contributed by atoms with E-state index in [1.165, 1.54) is 0 Å². The summed E-state index contributed by atoms with van der Waals surface area (Å²) in [5.41, 5.74) is 17.6. The van der Waals surface area contributed by atoms with Gasteiger partial charge < -0.3 is 30.5 Å². The van der Waals surface area contributed by atoms with Crippen molar-refractivity contribution in [1.82, 2.24) is 0 Å². The van der Waals surface area contributed by atoms with E-state index in [0.717, 1.165) is 25.7 Å². The maximum absolute atomic E-state index is 5.97. The highest BCUT2D eigenvalue weighted by atomic mass is 28.4. The lowest BCUT2D eigenvalue weighted by atomic mass is 9.92. The predicted molar refractivity (Wildman–Crippen MR) is 65.7 cm³/mol. The molecule has 2 aliphatic carbocycles. The fraction of sp³-hybridized carbons (Fsp3) is 1.00. The van der Waals surface area contributed by atoms with Crippen molar-refractivity contribution in [3.63, 3.8) is 0 Å². The number of hydrogen-bond donors (Lipinski definition) is 3. The van der Waals surface area contributed by atoms with E-state index in [2.05, 4.69) is 0 Å². The molecule has 2 rings (SSSR count). The normalized spacial score (nSPS) is 25.8. The minimum Gasteiger partial charge on any atom is -0.376 e. The van der Waals surface area contributed by atoms with E-state index in [4.69, 9.17) is 30.5 Å². The van der Waals surface area contributed by atoms with Gasteiger partial charge >= 0.3 is 8.80 Å². The number of rotatable bonds is 6. The topological polar surface area (TPSA) is 106 Å². The fourth-order valence-electron chi connectivity index (χ4n) is 3.49. The van der Waals surface area contributed by atoms with Gasteiger partial charge in [-0.3, -0.25) is 0 Å². The van der Waals surface area contributed by atoms with E-state index < -0.39 is 14.6 Å². The van der Waals surface area contributed by atoms with E-state index in [9.17, 15) is 0 Å². The monoisotopic (exact) mass is 261 g/mol. The molecule has 0 aromatic rings. The molecule has 0 spiro atoms. The van der Waals surface area contributed by atoms with Gasteiger partial charge in [0.25, 0.3) is 0 Å². The Balaban J connectivity index is 2.37. The van der Waals surface area contributed by atoms with Crippen LogP contribution in [0, 0.1) is 5.41 Å². The summed E-state index contributed by atoms with van der Waals surface area (Å²) in [4.78, 5) is 0. The molecule has 0 radical (unpaired) electrons. The van der Waals surface area contributed by atoms with Gasteiger partial charge in [-0.15, -0.1) is 0 Å². The van der Waals surface area contributed by atoms with Gasteiger partial charge in [-0.25, -0.2) is 0 Å². The van der Waals surface area contributed by atoms with Crippen LogP contribution in [0.5, 0.6) is 0 Å². The molecule has 2 fully saturated rings. The van der Waals surface area contributed by atoms with E-state index >= 15 is 0 Å². The van der Waals surface area contributed by atoms with Crippen molar-refractivity contribution in [2.75, 3.05) is 21.3 Å². The second-order valence-electron chi connectivity index (χ2n) is 5.27.